The van der Waals surface area contributed by atoms with Crippen LogP contribution in [0.4, 0.5) is 0 Å². The number of carbonyl (C=O) groups is 2. The fourth-order valence-electron chi connectivity index (χ4n) is 3.72. The van der Waals surface area contributed by atoms with Crippen molar-refractivity contribution in [1.29, 1.82) is 0 Å². The number of pyridine rings is 1. The van der Waals surface area contributed by atoms with Gasteiger partial charge in [0, 0.05) is 31.7 Å². The number of amides is 2. The molecule has 0 radical (unpaired) electrons. The third-order valence-corrected chi connectivity index (χ3v) is 5.51. The molecule has 2 fully saturated rings. The lowest BCUT2D eigenvalue weighted by Crippen LogP contribution is -2.46. The molecule has 0 aromatic carbocycles. The van der Waals surface area contributed by atoms with Gasteiger partial charge in [-0.1, -0.05) is 6.07 Å². The van der Waals surface area contributed by atoms with E-state index in [0.717, 1.165) is 30.7 Å². The highest BCUT2D eigenvalue weighted by molar-refractivity contribution is 5.89. The van der Waals surface area contributed by atoms with Crippen LogP contribution in [0.3, 0.4) is 0 Å². The van der Waals surface area contributed by atoms with E-state index in [9.17, 15) is 9.59 Å². The van der Waals surface area contributed by atoms with Crippen LogP contribution in [0.1, 0.15) is 30.7 Å². The van der Waals surface area contributed by atoms with Crippen molar-refractivity contribution in [3.8, 4) is 0 Å². The number of hydrogen-bond donors (Lipinski definition) is 1. The number of aromatic nitrogens is 3. The van der Waals surface area contributed by atoms with E-state index in [1.54, 1.807) is 22.0 Å². The van der Waals surface area contributed by atoms with Crippen LogP contribution in [0.2, 0.25) is 0 Å². The topological polar surface area (TPSA) is 80.1 Å². The van der Waals surface area contributed by atoms with Crippen LogP contribution in [0.5, 0.6) is 0 Å². The lowest BCUT2D eigenvalue weighted by atomic mass is 10.0. The first-order chi connectivity index (χ1) is 12.6. The maximum Gasteiger partial charge on any atom is 0.243 e. The summed E-state index contributed by atoms with van der Waals surface area (Å²) < 4.78 is 1.74. The molecule has 1 spiro atoms. The number of carbonyl (C=O) groups excluding carboxylic acids is 2. The molecule has 2 amide bonds. The predicted molar refractivity (Wildman–Crippen MR) is 94.8 cm³/mol. The minimum Gasteiger partial charge on any atom is -0.349 e. The molecule has 0 bridgehead atoms. The van der Waals surface area contributed by atoms with Crippen LogP contribution in [0.25, 0.3) is 0 Å². The molecule has 7 heteroatoms. The second kappa shape index (κ2) is 6.55. The van der Waals surface area contributed by atoms with Crippen molar-refractivity contribution in [2.75, 3.05) is 6.54 Å². The number of nitrogens with zero attached hydrogens (tertiary/aromatic N) is 4. The first-order valence-corrected chi connectivity index (χ1v) is 9.00. The second-order valence-corrected chi connectivity index (χ2v) is 7.40. The minimum absolute atomic E-state index is 0.0202. The van der Waals surface area contributed by atoms with Gasteiger partial charge in [-0.15, -0.1) is 0 Å². The van der Waals surface area contributed by atoms with E-state index in [1.807, 2.05) is 31.3 Å². The van der Waals surface area contributed by atoms with Crippen molar-refractivity contribution in [1.82, 2.24) is 25.0 Å². The Balaban J connectivity index is 1.43. The molecule has 4 rings (SSSR count). The van der Waals surface area contributed by atoms with Gasteiger partial charge in [0.25, 0.3) is 0 Å². The van der Waals surface area contributed by atoms with Gasteiger partial charge in [0.05, 0.1) is 18.7 Å². The van der Waals surface area contributed by atoms with E-state index in [1.165, 1.54) is 0 Å². The van der Waals surface area contributed by atoms with Gasteiger partial charge >= 0.3 is 0 Å². The predicted octanol–water partition coefficient (Wildman–Crippen LogP) is 1.06. The fourth-order valence-corrected chi connectivity index (χ4v) is 3.72. The van der Waals surface area contributed by atoms with Crippen molar-refractivity contribution in [3.63, 3.8) is 0 Å². The molecule has 0 unspecified atom stereocenters. The minimum atomic E-state index is -0.387. The smallest absolute Gasteiger partial charge is 0.243 e. The van der Waals surface area contributed by atoms with Gasteiger partial charge in [-0.3, -0.25) is 19.3 Å². The Kier molecular flexibility index (Phi) is 4.22. The fraction of sp³-hybridized carbons (Fsp3) is 0.474. The zero-order valence-corrected chi connectivity index (χ0v) is 14.9. The Labute approximate surface area is 152 Å². The van der Waals surface area contributed by atoms with Crippen LogP contribution in [0, 0.1) is 5.41 Å². The van der Waals surface area contributed by atoms with E-state index in [2.05, 4.69) is 15.4 Å². The van der Waals surface area contributed by atoms with Gasteiger partial charge in [0.15, 0.2) is 0 Å². The van der Waals surface area contributed by atoms with E-state index >= 15 is 0 Å². The van der Waals surface area contributed by atoms with Gasteiger partial charge in [-0.2, -0.15) is 5.10 Å². The van der Waals surface area contributed by atoms with Gasteiger partial charge in [0.2, 0.25) is 11.8 Å². The first kappa shape index (κ1) is 16.8. The number of nitrogens with one attached hydrogen (secondary N) is 1. The Hall–Kier alpha value is -2.70. The molecule has 2 aromatic rings. The maximum absolute atomic E-state index is 12.8. The molecule has 136 valence electrons. The SMILES string of the molecule is Cn1nccc1CNC(=O)[C@H]1CC2(CC2)CN1C(=O)Cc1ccccn1. The number of aryl methyl sites for hydroxylation is 1. The molecule has 26 heavy (non-hydrogen) atoms. The van der Waals surface area contributed by atoms with E-state index in [-0.39, 0.29) is 29.7 Å². The first-order valence-electron chi connectivity index (χ1n) is 9.00. The van der Waals surface area contributed by atoms with Crippen LogP contribution in [-0.2, 0) is 29.6 Å². The van der Waals surface area contributed by atoms with Crippen molar-refractivity contribution >= 4 is 11.8 Å². The summed E-state index contributed by atoms with van der Waals surface area (Å²) in [6.07, 6.45) is 6.60. The zero-order chi connectivity index (χ0) is 18.1. The quantitative estimate of drug-likeness (QED) is 0.871. The van der Waals surface area contributed by atoms with Crippen molar-refractivity contribution in [2.24, 2.45) is 12.5 Å². The van der Waals surface area contributed by atoms with Crippen LogP contribution in [-0.4, -0.2) is 44.1 Å². The molecule has 1 saturated heterocycles. The summed E-state index contributed by atoms with van der Waals surface area (Å²) >= 11 is 0. The number of hydrogen-bond acceptors (Lipinski definition) is 4. The highest BCUT2D eigenvalue weighted by atomic mass is 16.2. The van der Waals surface area contributed by atoms with Crippen LogP contribution < -0.4 is 5.32 Å². The number of likely N-dealkylation sites (tertiary alicyclic amines) is 1. The lowest BCUT2D eigenvalue weighted by molar-refractivity contribution is -0.138. The summed E-state index contributed by atoms with van der Waals surface area (Å²) in [5.74, 6) is -0.0995. The summed E-state index contributed by atoms with van der Waals surface area (Å²) in [6.45, 7) is 1.10. The third-order valence-electron chi connectivity index (χ3n) is 5.51. The summed E-state index contributed by atoms with van der Waals surface area (Å²) in [4.78, 5) is 31.6. The molecule has 3 heterocycles. The van der Waals surface area contributed by atoms with Gasteiger partial charge < -0.3 is 10.2 Å². The average Bonchev–Trinajstić information content (AvgIpc) is 3.08. The van der Waals surface area contributed by atoms with Gasteiger partial charge in [0.1, 0.15) is 6.04 Å². The van der Waals surface area contributed by atoms with E-state index < -0.39 is 0 Å². The summed E-state index contributed by atoms with van der Waals surface area (Å²) in [7, 11) is 1.85. The number of rotatable bonds is 5. The second-order valence-electron chi connectivity index (χ2n) is 7.40. The van der Waals surface area contributed by atoms with Gasteiger partial charge in [-0.05, 0) is 42.9 Å². The molecule has 1 aliphatic carbocycles. The molecule has 2 aromatic heterocycles. The van der Waals surface area contributed by atoms with E-state index in [4.69, 9.17) is 0 Å². The largest absolute Gasteiger partial charge is 0.349 e. The van der Waals surface area contributed by atoms with Crippen molar-refractivity contribution in [2.45, 2.75) is 38.3 Å². The molecule has 1 saturated carbocycles. The van der Waals surface area contributed by atoms with Crippen LogP contribution >= 0.6 is 0 Å². The molecule has 1 atom stereocenters. The average molecular weight is 353 g/mol. The maximum atomic E-state index is 12.8. The third kappa shape index (κ3) is 3.34. The van der Waals surface area contributed by atoms with E-state index in [0.29, 0.717) is 13.1 Å². The molecule has 1 N–H and O–H groups in total. The Bertz CT molecular complexity index is 812. The molecule has 7 nitrogen and oxygen atoms in total. The monoisotopic (exact) mass is 353 g/mol. The Morgan fingerprint density at radius 2 is 2.12 bits per heavy atom. The van der Waals surface area contributed by atoms with Crippen molar-refractivity contribution < 1.29 is 9.59 Å². The van der Waals surface area contributed by atoms with Crippen LogP contribution in [0.15, 0.2) is 36.7 Å². The molecule has 2 aliphatic rings. The highest BCUT2D eigenvalue weighted by Gasteiger charge is 2.55. The standard InChI is InChI=1S/C19H23N5O2/c1-23-15(5-9-22-23)12-21-18(26)16-11-19(6-7-19)13-24(16)17(25)10-14-4-2-3-8-20-14/h2-5,8-9,16H,6-7,10-13H2,1H3,(H,21,26)/t16-/m1/s1. The lowest BCUT2D eigenvalue weighted by Gasteiger charge is -2.24. The van der Waals surface area contributed by atoms with Gasteiger partial charge in [-0.25, -0.2) is 0 Å². The summed E-state index contributed by atoms with van der Waals surface area (Å²) in [5.41, 5.74) is 1.83. The summed E-state index contributed by atoms with van der Waals surface area (Å²) in [5, 5.41) is 7.08. The Morgan fingerprint density at radius 1 is 1.27 bits per heavy atom. The molecule has 1 aliphatic heterocycles. The highest BCUT2D eigenvalue weighted by Crippen LogP contribution is 2.54. The molecular formula is C19H23N5O2. The summed E-state index contributed by atoms with van der Waals surface area (Å²) in [6, 6.07) is 7.04. The Morgan fingerprint density at radius 3 is 2.77 bits per heavy atom. The zero-order valence-electron chi connectivity index (χ0n) is 14.9. The van der Waals surface area contributed by atoms with Crippen molar-refractivity contribution in [3.05, 3.63) is 48.0 Å². The normalized spacial score (nSPS) is 20.3. The molecular weight excluding hydrogens is 330 g/mol.